The molecule has 1 aromatic heterocycles. The highest BCUT2D eigenvalue weighted by molar-refractivity contribution is 5.93. The van der Waals surface area contributed by atoms with Crippen LogP contribution in [0.15, 0.2) is 57.7 Å². The number of fused-ring (bicyclic) bond motifs is 1. The Morgan fingerprint density at radius 2 is 2.00 bits per heavy atom. The number of aryl methyl sites for hydroxylation is 1. The van der Waals surface area contributed by atoms with Crippen molar-refractivity contribution in [1.29, 1.82) is 0 Å². The molecule has 26 heavy (non-hydrogen) atoms. The molecule has 6 heteroatoms. The van der Waals surface area contributed by atoms with Crippen molar-refractivity contribution in [3.05, 3.63) is 75.9 Å². The Morgan fingerprint density at radius 1 is 1.19 bits per heavy atom. The predicted octanol–water partition coefficient (Wildman–Crippen LogP) is 3.44. The fourth-order valence-corrected chi connectivity index (χ4v) is 2.49. The lowest BCUT2D eigenvalue weighted by Crippen LogP contribution is -2.26. The highest BCUT2D eigenvalue weighted by Gasteiger charge is 2.12. The second kappa shape index (κ2) is 7.82. The summed E-state index contributed by atoms with van der Waals surface area (Å²) in [5.74, 6) is -0.767. The molecule has 134 valence electrons. The molecule has 0 aliphatic rings. The van der Waals surface area contributed by atoms with Gasteiger partial charge in [0.25, 0.3) is 5.91 Å². The maximum atomic E-state index is 13.4. The first kappa shape index (κ1) is 17.7. The van der Waals surface area contributed by atoms with Crippen molar-refractivity contribution in [3.8, 4) is 5.75 Å². The summed E-state index contributed by atoms with van der Waals surface area (Å²) in [7, 11) is 0. The van der Waals surface area contributed by atoms with Crippen LogP contribution in [0.3, 0.4) is 0 Å². The third-order valence-corrected chi connectivity index (χ3v) is 3.81. The number of carbonyl (C=O) groups excluding carboxylic acids is 1. The third-order valence-electron chi connectivity index (χ3n) is 3.81. The van der Waals surface area contributed by atoms with Crippen LogP contribution in [0.1, 0.15) is 22.5 Å². The summed E-state index contributed by atoms with van der Waals surface area (Å²) in [5.41, 5.74) is 1.05. The molecule has 5 nitrogen and oxygen atoms in total. The molecule has 0 fully saturated rings. The van der Waals surface area contributed by atoms with Crippen molar-refractivity contribution < 1.29 is 18.3 Å². The highest BCUT2D eigenvalue weighted by Crippen LogP contribution is 2.16. The maximum Gasteiger partial charge on any atom is 0.287 e. The highest BCUT2D eigenvalue weighted by atomic mass is 19.1. The molecule has 3 rings (SSSR count). The van der Waals surface area contributed by atoms with Gasteiger partial charge in [-0.05, 0) is 37.6 Å². The molecule has 0 aliphatic heterocycles. The van der Waals surface area contributed by atoms with E-state index in [2.05, 4.69) is 5.32 Å². The third kappa shape index (κ3) is 4.08. The summed E-state index contributed by atoms with van der Waals surface area (Å²) in [6, 6.07) is 12.5. The van der Waals surface area contributed by atoms with Gasteiger partial charge in [-0.1, -0.05) is 23.8 Å². The van der Waals surface area contributed by atoms with Gasteiger partial charge in [0, 0.05) is 12.6 Å². The lowest BCUT2D eigenvalue weighted by molar-refractivity contribution is 0.0924. The number of amides is 1. The first-order valence-electron chi connectivity index (χ1n) is 8.24. The van der Waals surface area contributed by atoms with Crippen LogP contribution in [-0.2, 0) is 0 Å². The zero-order chi connectivity index (χ0) is 18.5. The van der Waals surface area contributed by atoms with Gasteiger partial charge in [-0.2, -0.15) is 0 Å². The largest absolute Gasteiger partial charge is 0.490 e. The fraction of sp³-hybridized carbons (Fsp3) is 0.200. The normalized spacial score (nSPS) is 10.7. The maximum absolute atomic E-state index is 13.4. The van der Waals surface area contributed by atoms with Crippen molar-refractivity contribution in [3.63, 3.8) is 0 Å². The molecule has 0 saturated heterocycles. The van der Waals surface area contributed by atoms with E-state index in [9.17, 15) is 14.0 Å². The summed E-state index contributed by atoms with van der Waals surface area (Å²) < 4.78 is 24.2. The lowest BCUT2D eigenvalue weighted by Gasteiger charge is -2.08. The molecule has 1 heterocycles. The van der Waals surface area contributed by atoms with Crippen molar-refractivity contribution in [1.82, 2.24) is 5.32 Å². The summed E-state index contributed by atoms with van der Waals surface area (Å²) in [5, 5.41) is 3.10. The van der Waals surface area contributed by atoms with E-state index in [1.54, 1.807) is 30.3 Å². The first-order valence-corrected chi connectivity index (χ1v) is 8.24. The van der Waals surface area contributed by atoms with Crippen molar-refractivity contribution in [2.45, 2.75) is 13.3 Å². The molecule has 0 atom stereocenters. The lowest BCUT2D eigenvalue weighted by atomic mass is 10.1. The second-order valence-corrected chi connectivity index (χ2v) is 5.86. The van der Waals surface area contributed by atoms with Gasteiger partial charge >= 0.3 is 0 Å². The summed E-state index contributed by atoms with van der Waals surface area (Å²) in [6.07, 6.45) is 0.483. The fourth-order valence-electron chi connectivity index (χ4n) is 2.49. The van der Waals surface area contributed by atoms with Gasteiger partial charge < -0.3 is 14.5 Å². The molecule has 2 aromatic carbocycles. The van der Waals surface area contributed by atoms with Gasteiger partial charge in [0.2, 0.25) is 0 Å². The van der Waals surface area contributed by atoms with Crippen LogP contribution >= 0.6 is 0 Å². The molecule has 1 amide bonds. The summed E-state index contributed by atoms with van der Waals surface area (Å²) in [6.45, 7) is 2.44. The van der Waals surface area contributed by atoms with E-state index in [0.717, 1.165) is 5.56 Å². The number of nitrogens with one attached hydrogen (secondary N) is 1. The van der Waals surface area contributed by atoms with Gasteiger partial charge in [-0.15, -0.1) is 0 Å². The molecule has 1 N–H and O–H groups in total. The molecule has 3 aromatic rings. The smallest absolute Gasteiger partial charge is 0.287 e. The summed E-state index contributed by atoms with van der Waals surface area (Å²) in [4.78, 5) is 24.3. The van der Waals surface area contributed by atoms with E-state index >= 15 is 0 Å². The van der Waals surface area contributed by atoms with Gasteiger partial charge in [-0.3, -0.25) is 9.59 Å². The zero-order valence-electron chi connectivity index (χ0n) is 14.3. The standard InChI is InChI=1S/C20H18FNO4/c1-13-7-8-17-14(11-13)16(23)12-19(26-17)20(24)22-9-4-10-25-18-6-3-2-5-15(18)21/h2-3,5-8,11-12H,4,9-10H2,1H3,(H,22,24). The van der Waals surface area contributed by atoms with E-state index in [-0.39, 0.29) is 23.5 Å². The van der Waals surface area contributed by atoms with E-state index in [0.29, 0.717) is 23.9 Å². The van der Waals surface area contributed by atoms with Crippen molar-refractivity contribution >= 4 is 16.9 Å². The van der Waals surface area contributed by atoms with Gasteiger partial charge in [0.1, 0.15) is 5.58 Å². The quantitative estimate of drug-likeness (QED) is 0.688. The Bertz CT molecular complexity index is 997. The monoisotopic (exact) mass is 355 g/mol. The molecule has 0 aliphatic carbocycles. The number of rotatable bonds is 6. The van der Waals surface area contributed by atoms with Crippen LogP contribution in [0.2, 0.25) is 0 Å². The predicted molar refractivity (Wildman–Crippen MR) is 96.1 cm³/mol. The van der Waals surface area contributed by atoms with Crippen LogP contribution in [0.4, 0.5) is 4.39 Å². The zero-order valence-corrected chi connectivity index (χ0v) is 14.3. The van der Waals surface area contributed by atoms with Gasteiger partial charge in [0.15, 0.2) is 22.8 Å². The van der Waals surface area contributed by atoms with E-state index in [1.807, 2.05) is 13.0 Å². The van der Waals surface area contributed by atoms with E-state index in [4.69, 9.17) is 9.15 Å². The Morgan fingerprint density at radius 3 is 2.81 bits per heavy atom. The van der Waals surface area contributed by atoms with Gasteiger partial charge in [0.05, 0.1) is 12.0 Å². The average Bonchev–Trinajstić information content (AvgIpc) is 2.63. The Balaban J connectivity index is 1.55. The van der Waals surface area contributed by atoms with Crippen molar-refractivity contribution in [2.75, 3.05) is 13.2 Å². The average molecular weight is 355 g/mol. The molecule has 0 bridgehead atoms. The SMILES string of the molecule is Cc1ccc2oc(C(=O)NCCCOc3ccccc3F)cc(=O)c2c1. The van der Waals surface area contributed by atoms with E-state index < -0.39 is 11.7 Å². The Hall–Kier alpha value is -3.15. The van der Waals surface area contributed by atoms with Gasteiger partial charge in [-0.25, -0.2) is 4.39 Å². The number of hydrogen-bond acceptors (Lipinski definition) is 4. The Kier molecular flexibility index (Phi) is 5.31. The number of benzene rings is 2. The number of hydrogen-bond donors (Lipinski definition) is 1. The van der Waals surface area contributed by atoms with Crippen LogP contribution in [-0.4, -0.2) is 19.1 Å². The van der Waals surface area contributed by atoms with Crippen LogP contribution in [0.5, 0.6) is 5.75 Å². The van der Waals surface area contributed by atoms with Crippen LogP contribution in [0.25, 0.3) is 11.0 Å². The summed E-state index contributed by atoms with van der Waals surface area (Å²) >= 11 is 0. The Labute approximate surface area is 149 Å². The molecule has 0 unspecified atom stereocenters. The molecular weight excluding hydrogens is 337 g/mol. The van der Waals surface area contributed by atoms with E-state index in [1.165, 1.54) is 12.1 Å². The number of para-hydroxylation sites is 1. The minimum absolute atomic E-state index is 0.0404. The molecule has 0 saturated carbocycles. The van der Waals surface area contributed by atoms with Crippen molar-refractivity contribution in [2.24, 2.45) is 0 Å². The topological polar surface area (TPSA) is 68.5 Å². The molecule has 0 radical (unpaired) electrons. The van der Waals surface area contributed by atoms with Crippen LogP contribution in [0, 0.1) is 12.7 Å². The first-order chi connectivity index (χ1) is 12.5. The molecule has 0 spiro atoms. The number of carbonyl (C=O) groups is 1. The minimum Gasteiger partial charge on any atom is -0.490 e. The number of halogens is 1. The molecular formula is C20H18FNO4. The number of ether oxygens (including phenoxy) is 1. The van der Waals surface area contributed by atoms with Crippen LogP contribution < -0.4 is 15.5 Å². The second-order valence-electron chi connectivity index (χ2n) is 5.86. The minimum atomic E-state index is -0.476.